The molecule has 0 fully saturated rings. The lowest BCUT2D eigenvalue weighted by atomic mass is 10.2. The molecule has 0 aliphatic carbocycles. The third-order valence-corrected chi connectivity index (χ3v) is 2.74. The number of carboxylic acid groups (broad SMARTS) is 1. The Balaban J connectivity index is 2.50. The Morgan fingerprint density at radius 3 is 2.65 bits per heavy atom. The molecule has 0 unspecified atom stereocenters. The molecule has 5 nitrogen and oxygen atoms in total. The second kappa shape index (κ2) is 6.70. The molecule has 6 heteroatoms. The van der Waals surface area contributed by atoms with Crippen LogP contribution in [0.4, 0.5) is 5.69 Å². The van der Waals surface area contributed by atoms with Gasteiger partial charge in [0.25, 0.3) is 0 Å². The molecular weight excluding hydrogens is 242 g/mol. The number of benzene rings is 1. The highest BCUT2D eigenvalue weighted by molar-refractivity contribution is 8.00. The van der Waals surface area contributed by atoms with E-state index in [0.717, 1.165) is 11.8 Å². The lowest BCUT2D eigenvalue weighted by molar-refractivity contribution is -0.133. The van der Waals surface area contributed by atoms with Crippen LogP contribution in [0.5, 0.6) is 0 Å². The maximum atomic E-state index is 11.4. The quantitative estimate of drug-likeness (QED) is 0.745. The Morgan fingerprint density at radius 1 is 1.29 bits per heavy atom. The van der Waals surface area contributed by atoms with E-state index in [2.05, 4.69) is 5.32 Å². The SMILES string of the molecule is O=Cc1ccccc1NC(=O)CSCC(=O)O. The summed E-state index contributed by atoms with van der Waals surface area (Å²) in [6, 6.07) is 6.60. The second-order valence-corrected chi connectivity index (χ2v) is 4.13. The van der Waals surface area contributed by atoms with E-state index in [-0.39, 0.29) is 17.4 Å². The average Bonchev–Trinajstić information content (AvgIpc) is 2.29. The summed E-state index contributed by atoms with van der Waals surface area (Å²) < 4.78 is 0. The fourth-order valence-electron chi connectivity index (χ4n) is 1.13. The topological polar surface area (TPSA) is 83.5 Å². The maximum absolute atomic E-state index is 11.4. The van der Waals surface area contributed by atoms with Crippen LogP contribution in [-0.2, 0) is 9.59 Å². The summed E-state index contributed by atoms with van der Waals surface area (Å²) in [5, 5.41) is 11.0. The summed E-state index contributed by atoms with van der Waals surface area (Å²) in [6.07, 6.45) is 0.653. The molecule has 0 saturated carbocycles. The van der Waals surface area contributed by atoms with Crippen LogP contribution in [0.25, 0.3) is 0 Å². The number of nitrogens with one attached hydrogen (secondary N) is 1. The molecule has 90 valence electrons. The zero-order valence-corrected chi connectivity index (χ0v) is 9.70. The van der Waals surface area contributed by atoms with Gasteiger partial charge in [-0.25, -0.2) is 0 Å². The van der Waals surface area contributed by atoms with Crippen molar-refractivity contribution in [2.24, 2.45) is 0 Å². The third-order valence-electron chi connectivity index (χ3n) is 1.82. The summed E-state index contributed by atoms with van der Waals surface area (Å²) in [6.45, 7) is 0. The Labute approximate surface area is 102 Å². The molecule has 1 aromatic carbocycles. The van der Waals surface area contributed by atoms with Crippen molar-refractivity contribution >= 4 is 35.6 Å². The first-order valence-corrected chi connectivity index (χ1v) is 5.92. The van der Waals surface area contributed by atoms with Crippen LogP contribution in [0.15, 0.2) is 24.3 Å². The highest BCUT2D eigenvalue weighted by Crippen LogP contribution is 2.13. The van der Waals surface area contributed by atoms with Gasteiger partial charge in [0, 0.05) is 5.56 Å². The van der Waals surface area contributed by atoms with Gasteiger partial charge in [0.2, 0.25) is 5.91 Å². The van der Waals surface area contributed by atoms with Gasteiger partial charge in [0.15, 0.2) is 6.29 Å². The molecular formula is C11H11NO4S. The van der Waals surface area contributed by atoms with Crippen molar-refractivity contribution in [3.8, 4) is 0 Å². The maximum Gasteiger partial charge on any atom is 0.313 e. The van der Waals surface area contributed by atoms with Crippen LogP contribution in [0.2, 0.25) is 0 Å². The predicted molar refractivity (Wildman–Crippen MR) is 65.4 cm³/mol. The van der Waals surface area contributed by atoms with Crippen molar-refractivity contribution in [2.45, 2.75) is 0 Å². The van der Waals surface area contributed by atoms with Gasteiger partial charge in [-0.15, -0.1) is 11.8 Å². The first kappa shape index (κ1) is 13.2. The van der Waals surface area contributed by atoms with E-state index >= 15 is 0 Å². The first-order valence-electron chi connectivity index (χ1n) is 4.77. The van der Waals surface area contributed by atoms with Crippen LogP contribution < -0.4 is 5.32 Å². The molecule has 0 heterocycles. The number of para-hydroxylation sites is 1. The summed E-state index contributed by atoms with van der Waals surface area (Å²) >= 11 is 1.00. The predicted octanol–water partition coefficient (Wildman–Crippen LogP) is 1.26. The molecule has 1 aromatic rings. The molecule has 2 N–H and O–H groups in total. The molecule has 1 amide bonds. The van der Waals surface area contributed by atoms with E-state index in [1.54, 1.807) is 24.3 Å². The van der Waals surface area contributed by atoms with E-state index < -0.39 is 5.97 Å². The van der Waals surface area contributed by atoms with Gasteiger partial charge in [-0.2, -0.15) is 0 Å². The smallest absolute Gasteiger partial charge is 0.313 e. The number of hydrogen-bond acceptors (Lipinski definition) is 4. The standard InChI is InChI=1S/C11H11NO4S/c13-5-8-3-1-2-4-9(8)12-10(14)6-17-7-11(15)16/h1-5H,6-7H2,(H,12,14)(H,15,16). The highest BCUT2D eigenvalue weighted by Gasteiger charge is 2.07. The number of carboxylic acids is 1. The van der Waals surface area contributed by atoms with Crippen molar-refractivity contribution < 1.29 is 19.5 Å². The number of rotatable bonds is 6. The largest absolute Gasteiger partial charge is 0.481 e. The zero-order valence-electron chi connectivity index (χ0n) is 8.88. The van der Waals surface area contributed by atoms with Gasteiger partial charge in [-0.1, -0.05) is 12.1 Å². The van der Waals surface area contributed by atoms with Crippen molar-refractivity contribution in [3.63, 3.8) is 0 Å². The number of hydrogen-bond donors (Lipinski definition) is 2. The minimum Gasteiger partial charge on any atom is -0.481 e. The van der Waals surface area contributed by atoms with Gasteiger partial charge in [0.1, 0.15) is 0 Å². The lowest BCUT2D eigenvalue weighted by Crippen LogP contribution is -2.16. The molecule has 1 rings (SSSR count). The summed E-state index contributed by atoms with van der Waals surface area (Å²) in [5.74, 6) is -1.37. The molecule has 0 saturated heterocycles. The van der Waals surface area contributed by atoms with E-state index in [0.29, 0.717) is 17.5 Å². The first-order chi connectivity index (χ1) is 8.13. The minimum absolute atomic E-state index is 0.0412. The van der Waals surface area contributed by atoms with Crippen LogP contribution in [0, 0.1) is 0 Å². The fraction of sp³-hybridized carbons (Fsp3) is 0.182. The van der Waals surface area contributed by atoms with Gasteiger partial charge in [0.05, 0.1) is 17.2 Å². The molecule has 17 heavy (non-hydrogen) atoms. The number of thioether (sulfide) groups is 1. The molecule has 0 spiro atoms. The molecule has 0 radical (unpaired) electrons. The number of carbonyl (C=O) groups is 3. The Hall–Kier alpha value is -1.82. The molecule has 0 aliphatic heterocycles. The second-order valence-electron chi connectivity index (χ2n) is 3.14. The molecule has 0 aromatic heterocycles. The fourth-order valence-corrected chi connectivity index (χ4v) is 1.67. The van der Waals surface area contributed by atoms with E-state index in [1.807, 2.05) is 0 Å². The van der Waals surface area contributed by atoms with Crippen LogP contribution in [0.1, 0.15) is 10.4 Å². The third kappa shape index (κ3) is 4.69. The zero-order chi connectivity index (χ0) is 12.7. The number of anilines is 1. The Morgan fingerprint density at radius 2 is 2.00 bits per heavy atom. The molecule has 0 bridgehead atoms. The monoisotopic (exact) mass is 253 g/mol. The van der Waals surface area contributed by atoms with Crippen molar-refractivity contribution in [1.29, 1.82) is 0 Å². The Kier molecular flexibility index (Phi) is 5.22. The highest BCUT2D eigenvalue weighted by atomic mass is 32.2. The minimum atomic E-state index is -0.962. The number of carbonyl (C=O) groups excluding carboxylic acids is 2. The molecule has 0 atom stereocenters. The van der Waals surface area contributed by atoms with E-state index in [9.17, 15) is 14.4 Å². The van der Waals surface area contributed by atoms with Crippen LogP contribution >= 0.6 is 11.8 Å². The molecule has 0 aliphatic rings. The van der Waals surface area contributed by atoms with Gasteiger partial charge < -0.3 is 10.4 Å². The van der Waals surface area contributed by atoms with Gasteiger partial charge in [-0.05, 0) is 12.1 Å². The summed E-state index contributed by atoms with van der Waals surface area (Å²) in [5.41, 5.74) is 0.826. The normalized spacial score (nSPS) is 9.65. The number of amides is 1. The van der Waals surface area contributed by atoms with Crippen molar-refractivity contribution in [1.82, 2.24) is 0 Å². The van der Waals surface area contributed by atoms with Gasteiger partial charge >= 0.3 is 5.97 Å². The number of aliphatic carboxylic acids is 1. The summed E-state index contributed by atoms with van der Waals surface area (Å²) in [4.78, 5) is 32.3. The summed E-state index contributed by atoms with van der Waals surface area (Å²) in [7, 11) is 0. The van der Waals surface area contributed by atoms with Crippen molar-refractivity contribution in [3.05, 3.63) is 29.8 Å². The Bertz CT molecular complexity index is 433. The van der Waals surface area contributed by atoms with E-state index in [1.165, 1.54) is 0 Å². The van der Waals surface area contributed by atoms with Crippen LogP contribution in [-0.4, -0.2) is 34.8 Å². The van der Waals surface area contributed by atoms with Gasteiger partial charge in [-0.3, -0.25) is 14.4 Å². The van der Waals surface area contributed by atoms with Crippen molar-refractivity contribution in [2.75, 3.05) is 16.8 Å². The number of aldehydes is 1. The van der Waals surface area contributed by atoms with Crippen LogP contribution in [0.3, 0.4) is 0 Å². The van der Waals surface area contributed by atoms with E-state index in [4.69, 9.17) is 5.11 Å². The lowest BCUT2D eigenvalue weighted by Gasteiger charge is -2.06. The average molecular weight is 253 g/mol.